The first-order chi connectivity index (χ1) is 12.6. The smallest absolute Gasteiger partial charge is 0.352 e. The van der Waals surface area contributed by atoms with Crippen molar-refractivity contribution in [3.05, 3.63) is 52.6 Å². The molecule has 0 unspecified atom stereocenters. The molecule has 5 N–H and O–H groups in total. The number of rotatable bonds is 5. The Balaban J connectivity index is 2.42. The van der Waals surface area contributed by atoms with Crippen LogP contribution in [0.3, 0.4) is 0 Å². The van der Waals surface area contributed by atoms with Gasteiger partial charge in [-0.3, -0.25) is 5.01 Å². The number of hydrogen-bond acceptors (Lipinski definition) is 5. The van der Waals surface area contributed by atoms with Crippen LogP contribution in [0.4, 0.5) is 19.3 Å². The molecular formula is C18H22F2N4O3. The Hall–Kier alpha value is -2.91. The second kappa shape index (κ2) is 8.19. The Bertz CT molecular complexity index is 844. The number of aryl methyl sites for hydroxylation is 2. The molecule has 146 valence electrons. The van der Waals surface area contributed by atoms with Crippen molar-refractivity contribution in [2.24, 2.45) is 11.7 Å². The summed E-state index contributed by atoms with van der Waals surface area (Å²) in [6.45, 7) is 3.16. The number of urea groups is 1. The second-order valence-corrected chi connectivity index (χ2v) is 6.10. The molecule has 0 spiro atoms. The molecule has 0 heterocycles. The van der Waals surface area contributed by atoms with Crippen molar-refractivity contribution >= 4 is 11.7 Å². The van der Waals surface area contributed by atoms with E-state index in [2.05, 4.69) is 0 Å². The first kappa shape index (κ1) is 20.4. The normalized spacial score (nSPS) is 10.8. The van der Waals surface area contributed by atoms with E-state index in [1.165, 1.54) is 31.3 Å². The lowest BCUT2D eigenvalue weighted by molar-refractivity contribution is 0.148. The molecule has 0 atom stereocenters. The first-order valence-electron chi connectivity index (χ1n) is 8.03. The summed E-state index contributed by atoms with van der Waals surface area (Å²) in [5, 5.41) is 11.2. The topological polar surface area (TPSA) is 105 Å². The van der Waals surface area contributed by atoms with Gasteiger partial charge >= 0.3 is 6.03 Å². The van der Waals surface area contributed by atoms with Crippen molar-refractivity contribution in [1.82, 2.24) is 5.01 Å². The highest BCUT2D eigenvalue weighted by Gasteiger charge is 2.23. The van der Waals surface area contributed by atoms with Crippen molar-refractivity contribution in [1.29, 1.82) is 0 Å². The molecule has 0 bridgehead atoms. The molecular weight excluding hydrogens is 358 g/mol. The quantitative estimate of drug-likeness (QED) is 0.420. The number of amides is 2. The fraction of sp³-hybridized carbons (Fsp3) is 0.278. The summed E-state index contributed by atoms with van der Waals surface area (Å²) in [6.07, 6.45) is -2.79. The highest BCUT2D eigenvalue weighted by Crippen LogP contribution is 2.33. The van der Waals surface area contributed by atoms with Crippen LogP contribution < -0.4 is 21.4 Å². The Kier molecular flexibility index (Phi) is 6.19. The molecule has 0 aliphatic heterocycles. The van der Waals surface area contributed by atoms with E-state index in [-0.39, 0.29) is 29.2 Å². The minimum absolute atomic E-state index is 0.0586. The number of nitrogens with zero attached hydrogens (tertiary/aromatic N) is 2. The number of nitrogens with two attached hydrogens (primary N) is 2. The Morgan fingerprint density at radius 3 is 2.48 bits per heavy atom. The number of aromatic hydroxyl groups is 1. The number of benzene rings is 2. The lowest BCUT2D eigenvalue weighted by Crippen LogP contribution is -2.49. The average Bonchev–Trinajstić information content (AvgIpc) is 2.61. The number of ether oxygens (including phenoxy) is 1. The van der Waals surface area contributed by atoms with Crippen molar-refractivity contribution in [3.8, 4) is 11.5 Å². The number of phenols is 1. The minimum atomic E-state index is -2.79. The fourth-order valence-electron chi connectivity index (χ4n) is 2.53. The van der Waals surface area contributed by atoms with Gasteiger partial charge in [0.15, 0.2) is 0 Å². The van der Waals surface area contributed by atoms with Crippen LogP contribution in [0.15, 0.2) is 30.3 Å². The third-order valence-corrected chi connectivity index (χ3v) is 4.06. The maximum absolute atomic E-state index is 13.5. The molecule has 2 aromatic rings. The molecule has 0 aliphatic rings. The standard InChI is InChI=1S/C18H22F2N4O3/c1-10-8-16(11(2)7-15(10)25)27-9-13-12(17(19)20)5-4-6-14(13)24(22)18(26)23(3)21/h4-8,17,25H,9,21-22H2,1-3H3. The average molecular weight is 380 g/mol. The number of halogens is 2. The van der Waals surface area contributed by atoms with Gasteiger partial charge in [0.25, 0.3) is 6.43 Å². The van der Waals surface area contributed by atoms with E-state index in [1.807, 2.05) is 0 Å². The van der Waals surface area contributed by atoms with Crippen molar-refractivity contribution in [3.63, 3.8) is 0 Å². The van der Waals surface area contributed by atoms with Gasteiger partial charge in [0, 0.05) is 18.2 Å². The molecule has 7 nitrogen and oxygen atoms in total. The van der Waals surface area contributed by atoms with Crippen LogP contribution in [0.5, 0.6) is 11.5 Å². The van der Waals surface area contributed by atoms with Crippen LogP contribution >= 0.6 is 0 Å². The monoisotopic (exact) mass is 380 g/mol. The van der Waals surface area contributed by atoms with Crippen LogP contribution in [-0.2, 0) is 6.61 Å². The van der Waals surface area contributed by atoms with Gasteiger partial charge in [-0.05, 0) is 43.2 Å². The molecule has 27 heavy (non-hydrogen) atoms. The van der Waals surface area contributed by atoms with Crippen LogP contribution in [0, 0.1) is 13.8 Å². The predicted octanol–water partition coefficient (Wildman–Crippen LogP) is 3.13. The lowest BCUT2D eigenvalue weighted by atomic mass is 10.1. The van der Waals surface area contributed by atoms with Gasteiger partial charge in [0.2, 0.25) is 0 Å². The number of hydrogen-bond donors (Lipinski definition) is 3. The summed E-state index contributed by atoms with van der Waals surface area (Å²) in [7, 11) is 1.29. The maximum atomic E-state index is 13.5. The molecule has 0 aliphatic carbocycles. The van der Waals surface area contributed by atoms with E-state index >= 15 is 0 Å². The lowest BCUT2D eigenvalue weighted by Gasteiger charge is -2.24. The van der Waals surface area contributed by atoms with Gasteiger partial charge in [-0.1, -0.05) is 12.1 Å². The second-order valence-electron chi connectivity index (χ2n) is 6.10. The highest BCUT2D eigenvalue weighted by atomic mass is 19.3. The number of anilines is 1. The molecule has 0 aromatic heterocycles. The number of alkyl halides is 2. The van der Waals surface area contributed by atoms with Crippen LogP contribution in [-0.4, -0.2) is 23.2 Å². The molecule has 0 radical (unpaired) electrons. The molecule has 0 fully saturated rings. The molecule has 9 heteroatoms. The van der Waals surface area contributed by atoms with E-state index in [1.54, 1.807) is 19.9 Å². The van der Waals surface area contributed by atoms with Crippen LogP contribution in [0.2, 0.25) is 0 Å². The fourth-order valence-corrected chi connectivity index (χ4v) is 2.53. The zero-order chi connectivity index (χ0) is 20.3. The van der Waals surface area contributed by atoms with Gasteiger partial charge in [0.1, 0.15) is 18.1 Å². The Morgan fingerprint density at radius 2 is 1.89 bits per heavy atom. The van der Waals surface area contributed by atoms with E-state index in [0.29, 0.717) is 21.9 Å². The molecule has 2 aromatic carbocycles. The molecule has 2 rings (SSSR count). The third kappa shape index (κ3) is 4.44. The summed E-state index contributed by atoms with van der Waals surface area (Å²) in [5.74, 6) is 11.7. The predicted molar refractivity (Wildman–Crippen MR) is 97.3 cm³/mol. The van der Waals surface area contributed by atoms with Gasteiger partial charge in [0.05, 0.1) is 5.69 Å². The Morgan fingerprint density at radius 1 is 1.22 bits per heavy atom. The first-order valence-corrected chi connectivity index (χ1v) is 8.03. The van der Waals surface area contributed by atoms with Crippen molar-refractivity contribution in [2.45, 2.75) is 26.9 Å². The number of phenolic OH excluding ortho intramolecular Hbond substituents is 1. The third-order valence-electron chi connectivity index (χ3n) is 4.06. The van der Waals surface area contributed by atoms with E-state index < -0.39 is 12.5 Å². The number of carbonyl (C=O) groups excluding carboxylic acids is 1. The summed E-state index contributed by atoms with van der Waals surface area (Å²) in [4.78, 5) is 12.0. The summed E-state index contributed by atoms with van der Waals surface area (Å²) in [5.41, 5.74) is 1.04. The van der Waals surface area contributed by atoms with Crippen molar-refractivity contribution < 1.29 is 23.4 Å². The minimum Gasteiger partial charge on any atom is -0.508 e. The van der Waals surface area contributed by atoms with E-state index in [4.69, 9.17) is 16.4 Å². The van der Waals surface area contributed by atoms with Crippen LogP contribution in [0.25, 0.3) is 0 Å². The highest BCUT2D eigenvalue weighted by molar-refractivity contribution is 5.91. The molecule has 0 saturated carbocycles. The summed E-state index contributed by atoms with van der Waals surface area (Å²) < 4.78 is 32.7. The number of hydrazine groups is 2. The summed E-state index contributed by atoms with van der Waals surface area (Å²) in [6, 6.07) is 6.40. The van der Waals surface area contributed by atoms with Gasteiger partial charge in [-0.25, -0.2) is 30.3 Å². The molecule has 0 saturated heterocycles. The van der Waals surface area contributed by atoms with E-state index in [0.717, 1.165) is 5.01 Å². The Labute approximate surface area is 155 Å². The van der Waals surface area contributed by atoms with Gasteiger partial charge in [-0.15, -0.1) is 0 Å². The van der Waals surface area contributed by atoms with Gasteiger partial charge < -0.3 is 9.84 Å². The molecule has 2 amide bonds. The zero-order valence-electron chi connectivity index (χ0n) is 15.2. The maximum Gasteiger partial charge on any atom is 0.352 e. The van der Waals surface area contributed by atoms with Gasteiger partial charge in [-0.2, -0.15) is 0 Å². The number of carbonyl (C=O) groups is 1. The summed E-state index contributed by atoms with van der Waals surface area (Å²) >= 11 is 0. The SMILES string of the molecule is Cc1cc(OCc2c(C(F)F)cccc2N(N)C(=O)N(C)N)c(C)cc1O. The van der Waals surface area contributed by atoms with Crippen LogP contribution in [0.1, 0.15) is 28.7 Å². The van der Waals surface area contributed by atoms with E-state index in [9.17, 15) is 18.7 Å². The van der Waals surface area contributed by atoms with Crippen molar-refractivity contribution in [2.75, 3.05) is 12.1 Å². The largest absolute Gasteiger partial charge is 0.508 e. The zero-order valence-corrected chi connectivity index (χ0v) is 15.2.